The van der Waals surface area contributed by atoms with Crippen molar-refractivity contribution in [3.63, 3.8) is 0 Å². The van der Waals surface area contributed by atoms with Gasteiger partial charge < -0.3 is 9.64 Å². The molecule has 0 radical (unpaired) electrons. The van der Waals surface area contributed by atoms with Gasteiger partial charge >= 0.3 is 0 Å². The molecule has 0 aliphatic heterocycles. The molecule has 29 heavy (non-hydrogen) atoms. The Morgan fingerprint density at radius 2 is 1.62 bits per heavy atom. The second-order valence-electron chi connectivity index (χ2n) is 6.46. The summed E-state index contributed by atoms with van der Waals surface area (Å²) in [5.41, 5.74) is 2.20. The summed E-state index contributed by atoms with van der Waals surface area (Å²) in [6.45, 7) is 4.38. The highest BCUT2D eigenvalue weighted by atomic mass is 16.5. The van der Waals surface area contributed by atoms with E-state index in [2.05, 4.69) is 12.6 Å². The van der Waals surface area contributed by atoms with Crippen LogP contribution in [0.4, 0.5) is 0 Å². The van der Waals surface area contributed by atoms with E-state index in [4.69, 9.17) is 4.74 Å². The molecular formula is C25H22N2O2. The number of carbonyl (C=O) groups excluding carboxylic acids is 1. The average Bonchev–Trinajstić information content (AvgIpc) is 2.79. The molecule has 144 valence electrons. The van der Waals surface area contributed by atoms with Crippen LogP contribution in [0.2, 0.25) is 0 Å². The van der Waals surface area contributed by atoms with Crippen molar-refractivity contribution in [2.45, 2.75) is 12.6 Å². The van der Waals surface area contributed by atoms with E-state index < -0.39 is 6.04 Å². The van der Waals surface area contributed by atoms with Gasteiger partial charge in [-0.1, -0.05) is 72.8 Å². The lowest BCUT2D eigenvalue weighted by Gasteiger charge is -2.28. The first-order chi connectivity index (χ1) is 14.2. The number of nitriles is 1. The van der Waals surface area contributed by atoms with Crippen molar-refractivity contribution in [2.75, 3.05) is 6.54 Å². The maximum Gasteiger partial charge on any atom is 0.255 e. The first-order valence-electron chi connectivity index (χ1n) is 9.36. The smallest absolute Gasteiger partial charge is 0.255 e. The van der Waals surface area contributed by atoms with E-state index >= 15 is 0 Å². The summed E-state index contributed by atoms with van der Waals surface area (Å²) >= 11 is 0. The van der Waals surface area contributed by atoms with Gasteiger partial charge in [0.1, 0.15) is 18.4 Å². The molecule has 0 fully saturated rings. The third-order valence-corrected chi connectivity index (χ3v) is 4.49. The Bertz CT molecular complexity index is 994. The molecular weight excluding hydrogens is 360 g/mol. The van der Waals surface area contributed by atoms with Gasteiger partial charge in [-0.3, -0.25) is 4.79 Å². The van der Waals surface area contributed by atoms with Gasteiger partial charge in [0, 0.05) is 17.7 Å². The molecule has 0 bridgehead atoms. The van der Waals surface area contributed by atoms with Gasteiger partial charge in [-0.25, -0.2) is 0 Å². The van der Waals surface area contributed by atoms with Gasteiger partial charge in [0.25, 0.3) is 5.91 Å². The van der Waals surface area contributed by atoms with Crippen LogP contribution in [0.15, 0.2) is 97.6 Å². The fraction of sp³-hybridized carbons (Fsp3) is 0.120. The summed E-state index contributed by atoms with van der Waals surface area (Å²) in [7, 11) is 0. The molecule has 0 unspecified atom stereocenters. The third-order valence-electron chi connectivity index (χ3n) is 4.49. The number of nitrogens with zero attached hydrogens (tertiary/aromatic N) is 2. The largest absolute Gasteiger partial charge is 0.489 e. The van der Waals surface area contributed by atoms with Crippen LogP contribution < -0.4 is 4.74 Å². The minimum absolute atomic E-state index is 0.227. The molecule has 3 aromatic carbocycles. The van der Waals surface area contributed by atoms with Crippen molar-refractivity contribution < 1.29 is 9.53 Å². The Labute approximate surface area is 171 Å². The predicted molar refractivity (Wildman–Crippen MR) is 113 cm³/mol. The fourth-order valence-corrected chi connectivity index (χ4v) is 3.07. The summed E-state index contributed by atoms with van der Waals surface area (Å²) in [4.78, 5) is 14.6. The minimum atomic E-state index is -0.798. The summed E-state index contributed by atoms with van der Waals surface area (Å²) in [5, 5.41) is 9.95. The first kappa shape index (κ1) is 19.9. The predicted octanol–water partition coefficient (Wildman–Crippen LogP) is 5.16. The number of para-hydroxylation sites is 1. The Morgan fingerprint density at radius 1 is 1.00 bits per heavy atom. The molecule has 0 aromatic heterocycles. The molecule has 1 amide bonds. The topological polar surface area (TPSA) is 53.3 Å². The van der Waals surface area contributed by atoms with Crippen LogP contribution >= 0.6 is 0 Å². The van der Waals surface area contributed by atoms with Crippen molar-refractivity contribution in [1.82, 2.24) is 4.90 Å². The van der Waals surface area contributed by atoms with Crippen molar-refractivity contribution in [2.24, 2.45) is 0 Å². The molecule has 0 N–H and O–H groups in total. The van der Waals surface area contributed by atoms with Crippen LogP contribution in [-0.2, 0) is 6.61 Å². The molecule has 3 rings (SSSR count). The number of ether oxygens (including phenoxy) is 1. The van der Waals surface area contributed by atoms with Crippen molar-refractivity contribution in [3.05, 3.63) is 114 Å². The minimum Gasteiger partial charge on any atom is -0.489 e. The number of amides is 1. The zero-order valence-corrected chi connectivity index (χ0v) is 16.1. The van der Waals surface area contributed by atoms with Gasteiger partial charge in [0.2, 0.25) is 0 Å². The Morgan fingerprint density at radius 3 is 2.28 bits per heavy atom. The number of benzene rings is 3. The van der Waals surface area contributed by atoms with Crippen molar-refractivity contribution in [3.8, 4) is 11.8 Å². The summed E-state index contributed by atoms with van der Waals surface area (Å²) in [6, 6.07) is 27.6. The van der Waals surface area contributed by atoms with Gasteiger partial charge in [0.05, 0.1) is 6.07 Å². The SMILES string of the molecule is C=CCN(C(=O)c1ccccc1)[C@@H](C#N)c1ccccc1OCc1ccccc1. The highest BCUT2D eigenvalue weighted by molar-refractivity contribution is 5.94. The lowest BCUT2D eigenvalue weighted by atomic mass is 10.0. The Hall–Kier alpha value is -3.84. The van der Waals surface area contributed by atoms with E-state index in [0.29, 0.717) is 23.5 Å². The maximum atomic E-state index is 13.1. The molecule has 0 saturated carbocycles. The average molecular weight is 382 g/mol. The second-order valence-corrected chi connectivity index (χ2v) is 6.46. The highest BCUT2D eigenvalue weighted by Crippen LogP contribution is 2.30. The van der Waals surface area contributed by atoms with E-state index in [1.54, 1.807) is 30.3 Å². The van der Waals surface area contributed by atoms with Gasteiger partial charge in [-0.15, -0.1) is 6.58 Å². The van der Waals surface area contributed by atoms with Crippen LogP contribution in [-0.4, -0.2) is 17.4 Å². The molecule has 0 spiro atoms. The number of rotatable bonds is 8. The quantitative estimate of drug-likeness (QED) is 0.506. The maximum absolute atomic E-state index is 13.1. The zero-order chi connectivity index (χ0) is 20.5. The van der Waals surface area contributed by atoms with Gasteiger partial charge in [-0.05, 0) is 23.8 Å². The number of hydrogen-bond acceptors (Lipinski definition) is 3. The summed E-state index contributed by atoms with van der Waals surface area (Å²) in [6.07, 6.45) is 1.62. The molecule has 4 heteroatoms. The normalized spacial score (nSPS) is 11.1. The second kappa shape index (κ2) is 9.91. The number of hydrogen-bond donors (Lipinski definition) is 0. The van der Waals surface area contributed by atoms with E-state index in [0.717, 1.165) is 5.56 Å². The molecule has 3 aromatic rings. The summed E-state index contributed by atoms with van der Waals surface area (Å²) < 4.78 is 6.00. The molecule has 1 atom stereocenters. The van der Waals surface area contributed by atoms with Crippen LogP contribution in [0, 0.1) is 11.3 Å². The monoisotopic (exact) mass is 382 g/mol. The first-order valence-corrected chi connectivity index (χ1v) is 9.36. The van der Waals surface area contributed by atoms with Crippen molar-refractivity contribution >= 4 is 5.91 Å². The van der Waals surface area contributed by atoms with E-state index in [1.807, 2.05) is 60.7 Å². The molecule has 4 nitrogen and oxygen atoms in total. The summed E-state index contributed by atoms with van der Waals surface area (Å²) in [5.74, 6) is 0.354. The lowest BCUT2D eigenvalue weighted by molar-refractivity contribution is 0.0736. The lowest BCUT2D eigenvalue weighted by Crippen LogP contribution is -2.34. The van der Waals surface area contributed by atoms with E-state index in [1.165, 1.54) is 4.90 Å². The molecule has 0 heterocycles. The van der Waals surface area contributed by atoms with Crippen molar-refractivity contribution in [1.29, 1.82) is 5.26 Å². The number of carbonyl (C=O) groups is 1. The van der Waals surface area contributed by atoms with E-state index in [-0.39, 0.29) is 12.5 Å². The Kier molecular flexibility index (Phi) is 6.80. The van der Waals surface area contributed by atoms with Gasteiger partial charge in [-0.2, -0.15) is 5.26 Å². The van der Waals surface area contributed by atoms with Crippen LogP contribution in [0.25, 0.3) is 0 Å². The third kappa shape index (κ3) is 4.91. The Balaban J connectivity index is 1.90. The van der Waals surface area contributed by atoms with Crippen LogP contribution in [0.5, 0.6) is 5.75 Å². The molecule has 0 aliphatic carbocycles. The van der Waals surface area contributed by atoms with E-state index in [9.17, 15) is 10.1 Å². The molecule has 0 aliphatic rings. The van der Waals surface area contributed by atoms with Crippen LogP contribution in [0.3, 0.4) is 0 Å². The van der Waals surface area contributed by atoms with Crippen LogP contribution in [0.1, 0.15) is 27.5 Å². The molecule has 0 saturated heterocycles. The fourth-order valence-electron chi connectivity index (χ4n) is 3.07. The zero-order valence-electron chi connectivity index (χ0n) is 16.1. The standard InChI is InChI=1S/C25H22N2O2/c1-2-17-27(25(28)21-13-7-4-8-14-21)23(18-26)22-15-9-10-16-24(22)29-19-20-11-5-3-6-12-20/h2-16,23H,1,17,19H2/t23-/m0/s1. The highest BCUT2D eigenvalue weighted by Gasteiger charge is 2.27. The van der Waals surface area contributed by atoms with Gasteiger partial charge in [0.15, 0.2) is 0 Å².